The summed E-state index contributed by atoms with van der Waals surface area (Å²) in [6.45, 7) is 3.07. The van der Waals surface area contributed by atoms with Gasteiger partial charge in [-0.25, -0.2) is 4.79 Å². The zero-order valence-corrected chi connectivity index (χ0v) is 10.6. The molecule has 0 spiro atoms. The number of ether oxygens (including phenoxy) is 1. The fourth-order valence-corrected chi connectivity index (χ4v) is 2.08. The van der Waals surface area contributed by atoms with Gasteiger partial charge in [0.25, 0.3) is 5.56 Å². The summed E-state index contributed by atoms with van der Waals surface area (Å²) in [5, 5.41) is 18.6. The molecule has 104 valence electrons. The molecule has 2 rings (SSSR count). The van der Waals surface area contributed by atoms with Crippen LogP contribution in [0.5, 0.6) is 0 Å². The highest BCUT2D eigenvalue weighted by atomic mass is 35.5. The first kappa shape index (κ1) is 14.0. The van der Waals surface area contributed by atoms with Crippen LogP contribution in [0, 0.1) is 0 Å². The second-order valence-electron chi connectivity index (χ2n) is 4.23. The largest absolute Gasteiger partial charge is 0.394 e. The predicted molar refractivity (Wildman–Crippen MR) is 67.8 cm³/mol. The van der Waals surface area contributed by atoms with E-state index in [1.165, 1.54) is 6.20 Å². The molecule has 3 atom stereocenters. The maximum atomic E-state index is 11.7. The van der Waals surface area contributed by atoms with Crippen LogP contribution in [0.4, 0.5) is 0 Å². The standard InChI is InChI=1S/C11H13ClN2O5/c1-5(12)6-3-14(11(18)13-10(6)17)9-2-7(16)8(4-15)19-9/h3,7-9,15-16H,1-2,4H2,(H,13,17,18)/t7-,8+,9+/m1/s1. The van der Waals surface area contributed by atoms with Crippen molar-refractivity contribution in [1.29, 1.82) is 0 Å². The minimum atomic E-state index is -0.878. The molecule has 3 N–H and O–H groups in total. The van der Waals surface area contributed by atoms with E-state index in [1.54, 1.807) is 0 Å². The smallest absolute Gasteiger partial charge is 0.330 e. The molecular formula is C11H13ClN2O5. The van der Waals surface area contributed by atoms with Crippen LogP contribution >= 0.6 is 11.6 Å². The molecule has 0 aliphatic carbocycles. The minimum absolute atomic E-state index is 0.00717. The average Bonchev–Trinajstić information content (AvgIpc) is 2.69. The molecule has 1 aromatic heterocycles. The first-order valence-electron chi connectivity index (χ1n) is 5.58. The van der Waals surface area contributed by atoms with Gasteiger partial charge in [0.2, 0.25) is 0 Å². The molecule has 1 aliphatic rings. The van der Waals surface area contributed by atoms with Gasteiger partial charge >= 0.3 is 5.69 Å². The van der Waals surface area contributed by atoms with Crippen LogP contribution < -0.4 is 11.2 Å². The molecule has 19 heavy (non-hydrogen) atoms. The Kier molecular flexibility index (Phi) is 3.91. The Labute approximate surface area is 112 Å². The molecular weight excluding hydrogens is 276 g/mol. The van der Waals surface area contributed by atoms with Crippen molar-refractivity contribution >= 4 is 16.6 Å². The Morgan fingerprint density at radius 2 is 2.32 bits per heavy atom. The molecule has 1 saturated heterocycles. The first-order chi connectivity index (χ1) is 8.93. The van der Waals surface area contributed by atoms with Crippen molar-refractivity contribution in [3.63, 3.8) is 0 Å². The van der Waals surface area contributed by atoms with E-state index in [2.05, 4.69) is 11.6 Å². The Bertz CT molecular complexity index is 608. The molecule has 0 radical (unpaired) electrons. The Morgan fingerprint density at radius 1 is 1.63 bits per heavy atom. The van der Waals surface area contributed by atoms with Crippen molar-refractivity contribution in [2.45, 2.75) is 24.9 Å². The van der Waals surface area contributed by atoms with E-state index in [4.69, 9.17) is 21.4 Å². The summed E-state index contributed by atoms with van der Waals surface area (Å²) < 4.78 is 6.45. The van der Waals surface area contributed by atoms with Crippen LogP contribution in [0.3, 0.4) is 0 Å². The first-order valence-corrected chi connectivity index (χ1v) is 5.96. The zero-order valence-electron chi connectivity index (χ0n) is 9.88. The second-order valence-corrected chi connectivity index (χ2v) is 4.69. The molecule has 0 bridgehead atoms. The van der Waals surface area contributed by atoms with Crippen LogP contribution in [0.15, 0.2) is 22.4 Å². The number of hydrogen-bond donors (Lipinski definition) is 3. The molecule has 7 nitrogen and oxygen atoms in total. The van der Waals surface area contributed by atoms with E-state index >= 15 is 0 Å². The molecule has 8 heteroatoms. The summed E-state index contributed by atoms with van der Waals surface area (Å²) in [5.41, 5.74) is -1.27. The van der Waals surface area contributed by atoms with Gasteiger partial charge < -0.3 is 14.9 Å². The lowest BCUT2D eigenvalue weighted by Crippen LogP contribution is -2.33. The van der Waals surface area contributed by atoms with Crippen molar-refractivity contribution in [2.24, 2.45) is 0 Å². The summed E-state index contributed by atoms with van der Waals surface area (Å²) >= 11 is 5.66. The van der Waals surface area contributed by atoms with E-state index in [1.807, 2.05) is 0 Å². The van der Waals surface area contributed by atoms with E-state index in [-0.39, 0.29) is 23.6 Å². The SMILES string of the molecule is C=C(Cl)c1cn([C@@H]2C[C@@H](O)[C@H](CO)O2)c(=O)[nH]c1=O. The van der Waals surface area contributed by atoms with Crippen molar-refractivity contribution in [3.8, 4) is 0 Å². The van der Waals surface area contributed by atoms with Crippen LogP contribution in [-0.2, 0) is 4.74 Å². The number of H-pyrrole nitrogens is 1. The van der Waals surface area contributed by atoms with Gasteiger partial charge in [0.05, 0.1) is 18.3 Å². The number of nitrogens with zero attached hydrogens (tertiary/aromatic N) is 1. The van der Waals surface area contributed by atoms with Crippen molar-refractivity contribution in [2.75, 3.05) is 6.61 Å². The van der Waals surface area contributed by atoms with Crippen LogP contribution in [-0.4, -0.2) is 38.6 Å². The Balaban J connectivity index is 2.41. The molecule has 2 heterocycles. The van der Waals surface area contributed by atoms with Gasteiger partial charge in [0.1, 0.15) is 12.3 Å². The van der Waals surface area contributed by atoms with Gasteiger partial charge in [-0.15, -0.1) is 0 Å². The Morgan fingerprint density at radius 3 is 2.84 bits per heavy atom. The monoisotopic (exact) mass is 288 g/mol. The second kappa shape index (κ2) is 5.30. The fraction of sp³-hybridized carbons (Fsp3) is 0.455. The van der Waals surface area contributed by atoms with Crippen LogP contribution in [0.1, 0.15) is 18.2 Å². The number of aromatic nitrogens is 2. The number of halogens is 1. The van der Waals surface area contributed by atoms with Crippen molar-refractivity contribution < 1.29 is 14.9 Å². The van der Waals surface area contributed by atoms with Gasteiger partial charge in [-0.3, -0.25) is 14.3 Å². The fourth-order valence-electron chi connectivity index (χ4n) is 1.94. The van der Waals surface area contributed by atoms with E-state index in [0.717, 1.165) is 4.57 Å². The normalized spacial score (nSPS) is 26.6. The maximum Gasteiger partial charge on any atom is 0.330 e. The highest BCUT2D eigenvalue weighted by Crippen LogP contribution is 2.27. The number of aromatic amines is 1. The minimum Gasteiger partial charge on any atom is -0.394 e. The van der Waals surface area contributed by atoms with Gasteiger partial charge in [-0.2, -0.15) is 0 Å². The molecule has 0 unspecified atom stereocenters. The van der Waals surface area contributed by atoms with Crippen LogP contribution in [0.2, 0.25) is 0 Å². The van der Waals surface area contributed by atoms with Gasteiger partial charge in [-0.05, 0) is 0 Å². The number of hydrogen-bond acceptors (Lipinski definition) is 5. The van der Waals surface area contributed by atoms with E-state index < -0.39 is 29.7 Å². The maximum absolute atomic E-state index is 11.7. The van der Waals surface area contributed by atoms with Crippen molar-refractivity contribution in [1.82, 2.24) is 9.55 Å². The van der Waals surface area contributed by atoms with Crippen LogP contribution in [0.25, 0.3) is 5.03 Å². The summed E-state index contributed by atoms with van der Waals surface area (Å²) in [7, 11) is 0. The Hall–Kier alpha value is -1.41. The van der Waals surface area contributed by atoms with Gasteiger partial charge in [0.15, 0.2) is 0 Å². The van der Waals surface area contributed by atoms with E-state index in [9.17, 15) is 14.7 Å². The third kappa shape index (κ3) is 2.64. The summed E-state index contributed by atoms with van der Waals surface area (Å²) in [6, 6.07) is 0. The topological polar surface area (TPSA) is 105 Å². The predicted octanol–water partition coefficient (Wildman–Crippen LogP) is -0.613. The number of nitrogens with one attached hydrogen (secondary N) is 1. The summed E-state index contributed by atoms with van der Waals surface area (Å²) in [4.78, 5) is 25.3. The quantitative estimate of drug-likeness (QED) is 0.688. The van der Waals surface area contributed by atoms with E-state index in [0.29, 0.717) is 0 Å². The number of aliphatic hydroxyl groups excluding tert-OH is 2. The van der Waals surface area contributed by atoms with Gasteiger partial charge in [0, 0.05) is 17.6 Å². The molecule has 1 aromatic rings. The number of rotatable bonds is 3. The van der Waals surface area contributed by atoms with Crippen molar-refractivity contribution in [3.05, 3.63) is 39.2 Å². The van der Waals surface area contributed by atoms with Gasteiger partial charge in [-0.1, -0.05) is 18.2 Å². The number of aliphatic hydroxyl groups is 2. The highest BCUT2D eigenvalue weighted by Gasteiger charge is 2.35. The molecule has 1 fully saturated rings. The third-order valence-corrected chi connectivity index (χ3v) is 3.16. The average molecular weight is 289 g/mol. The lowest BCUT2D eigenvalue weighted by Gasteiger charge is -2.15. The third-order valence-electron chi connectivity index (χ3n) is 2.95. The molecule has 0 aromatic carbocycles. The lowest BCUT2D eigenvalue weighted by atomic mass is 10.2. The lowest BCUT2D eigenvalue weighted by molar-refractivity contribution is -0.0459. The molecule has 1 aliphatic heterocycles. The summed E-state index contributed by atoms with van der Waals surface area (Å²) in [6.07, 6.45) is -1.05. The zero-order chi connectivity index (χ0) is 14.2. The molecule has 0 amide bonds. The summed E-state index contributed by atoms with van der Waals surface area (Å²) in [5.74, 6) is 0. The molecule has 0 saturated carbocycles. The highest BCUT2D eigenvalue weighted by molar-refractivity contribution is 6.48.